The lowest BCUT2D eigenvalue weighted by atomic mass is 10.2. The fraction of sp³-hybridized carbons (Fsp3) is 0.0833. The normalized spacial score (nSPS) is 9.83. The number of rotatable bonds is 3. The van der Waals surface area contributed by atoms with Gasteiger partial charge in [-0.15, -0.1) is 0 Å². The summed E-state index contributed by atoms with van der Waals surface area (Å²) < 4.78 is 4.91. The lowest BCUT2D eigenvalue weighted by Gasteiger charge is -2.05. The molecule has 92 valence electrons. The van der Waals surface area contributed by atoms with E-state index in [2.05, 4.69) is 15.3 Å². The number of carbonyl (C=O) groups excluding carboxylic acids is 1. The molecule has 0 radical (unpaired) electrons. The molecule has 0 saturated carbocycles. The molecule has 0 aliphatic carbocycles. The third kappa shape index (κ3) is 2.73. The Bertz CT molecular complexity index is 555. The summed E-state index contributed by atoms with van der Waals surface area (Å²) in [5.41, 5.74) is 0.801. The highest BCUT2D eigenvalue weighted by molar-refractivity contribution is 6.04. The molecule has 0 fully saturated rings. The highest BCUT2D eigenvalue weighted by atomic mass is 16.5. The molecule has 6 heteroatoms. The second kappa shape index (κ2) is 5.13. The third-order valence-electron chi connectivity index (χ3n) is 2.19. The number of anilines is 1. The first-order chi connectivity index (χ1) is 8.69. The number of methoxy groups -OCH3 is 1. The van der Waals surface area contributed by atoms with Gasteiger partial charge in [0.25, 0.3) is 5.91 Å². The van der Waals surface area contributed by atoms with Crippen molar-refractivity contribution in [3.63, 3.8) is 0 Å². The van der Waals surface area contributed by atoms with Crippen LogP contribution in [0.15, 0.2) is 36.8 Å². The molecule has 0 unspecified atom stereocenters. The number of hydrogen-bond acceptors (Lipinski definition) is 5. The monoisotopic (exact) mass is 245 g/mol. The van der Waals surface area contributed by atoms with Crippen molar-refractivity contribution in [2.24, 2.45) is 0 Å². The van der Waals surface area contributed by atoms with Crippen LogP contribution in [0, 0.1) is 0 Å². The zero-order valence-corrected chi connectivity index (χ0v) is 9.62. The van der Waals surface area contributed by atoms with E-state index < -0.39 is 0 Å². The van der Waals surface area contributed by atoms with E-state index in [9.17, 15) is 9.90 Å². The van der Waals surface area contributed by atoms with Crippen LogP contribution in [0.4, 0.5) is 5.69 Å². The van der Waals surface area contributed by atoms with Gasteiger partial charge in [-0.3, -0.25) is 9.78 Å². The largest absolute Gasteiger partial charge is 0.506 e. The molecule has 2 rings (SSSR count). The average Bonchev–Trinajstić information content (AvgIpc) is 2.39. The van der Waals surface area contributed by atoms with Gasteiger partial charge in [0.2, 0.25) is 5.88 Å². The lowest BCUT2D eigenvalue weighted by molar-refractivity contribution is 0.102. The number of nitrogens with one attached hydrogen (secondary N) is 1. The van der Waals surface area contributed by atoms with Crippen molar-refractivity contribution in [1.82, 2.24) is 9.97 Å². The predicted molar refractivity (Wildman–Crippen MR) is 64.6 cm³/mol. The van der Waals surface area contributed by atoms with Crippen LogP contribution in [-0.2, 0) is 0 Å². The van der Waals surface area contributed by atoms with Gasteiger partial charge < -0.3 is 15.2 Å². The first kappa shape index (κ1) is 11.8. The first-order valence-corrected chi connectivity index (χ1v) is 5.14. The molecule has 2 aromatic rings. The van der Waals surface area contributed by atoms with Crippen molar-refractivity contribution < 1.29 is 14.6 Å². The molecule has 0 atom stereocenters. The molecule has 0 saturated heterocycles. The summed E-state index contributed by atoms with van der Waals surface area (Å²) in [6.07, 6.45) is 4.10. The van der Waals surface area contributed by atoms with Crippen LogP contribution < -0.4 is 10.1 Å². The van der Waals surface area contributed by atoms with E-state index >= 15 is 0 Å². The Morgan fingerprint density at radius 2 is 2.17 bits per heavy atom. The molecule has 0 aliphatic rings. The summed E-state index contributed by atoms with van der Waals surface area (Å²) in [6.45, 7) is 0. The van der Waals surface area contributed by atoms with Gasteiger partial charge in [-0.1, -0.05) is 0 Å². The highest BCUT2D eigenvalue weighted by Crippen LogP contribution is 2.14. The zero-order chi connectivity index (χ0) is 13.0. The maximum Gasteiger partial charge on any atom is 0.257 e. The van der Waals surface area contributed by atoms with E-state index in [0.29, 0.717) is 11.6 Å². The van der Waals surface area contributed by atoms with Crippen molar-refractivity contribution in [3.05, 3.63) is 42.4 Å². The minimum Gasteiger partial charge on any atom is -0.506 e. The minimum atomic E-state index is -0.370. The number of carbonyl (C=O) groups is 1. The van der Waals surface area contributed by atoms with Crippen LogP contribution in [0.3, 0.4) is 0 Å². The zero-order valence-electron chi connectivity index (χ0n) is 9.62. The second-order valence-electron chi connectivity index (χ2n) is 3.48. The Hall–Kier alpha value is -2.63. The van der Waals surface area contributed by atoms with Crippen LogP contribution in [0.5, 0.6) is 11.6 Å². The SMILES string of the molecule is COc1ccc(NC(=O)c2cncc(O)c2)cn1. The number of aromatic nitrogens is 2. The van der Waals surface area contributed by atoms with Crippen LogP contribution in [0.2, 0.25) is 0 Å². The summed E-state index contributed by atoms with van der Waals surface area (Å²) in [5, 5.41) is 11.9. The van der Waals surface area contributed by atoms with Crippen molar-refractivity contribution in [2.75, 3.05) is 12.4 Å². The molecule has 0 spiro atoms. The molecule has 1 amide bonds. The Labute approximate surface area is 103 Å². The van der Waals surface area contributed by atoms with Gasteiger partial charge in [-0.05, 0) is 12.1 Å². The smallest absolute Gasteiger partial charge is 0.257 e. The molecule has 2 N–H and O–H groups in total. The Morgan fingerprint density at radius 1 is 1.33 bits per heavy atom. The van der Waals surface area contributed by atoms with Crippen LogP contribution in [0.25, 0.3) is 0 Å². The quantitative estimate of drug-likeness (QED) is 0.854. The fourth-order valence-corrected chi connectivity index (χ4v) is 1.33. The van der Waals surface area contributed by atoms with Crippen LogP contribution in [0.1, 0.15) is 10.4 Å². The molecule has 2 heterocycles. The van der Waals surface area contributed by atoms with Gasteiger partial charge in [0, 0.05) is 12.3 Å². The van der Waals surface area contributed by atoms with Gasteiger partial charge in [-0.25, -0.2) is 4.98 Å². The van der Waals surface area contributed by atoms with Gasteiger partial charge >= 0.3 is 0 Å². The van der Waals surface area contributed by atoms with Gasteiger partial charge in [-0.2, -0.15) is 0 Å². The molecule has 0 aromatic carbocycles. The number of hydrogen-bond donors (Lipinski definition) is 2. The van der Waals surface area contributed by atoms with E-state index in [1.807, 2.05) is 0 Å². The Balaban J connectivity index is 2.11. The molecule has 18 heavy (non-hydrogen) atoms. The third-order valence-corrected chi connectivity index (χ3v) is 2.19. The van der Waals surface area contributed by atoms with Gasteiger partial charge in [0.1, 0.15) is 5.75 Å². The first-order valence-electron chi connectivity index (χ1n) is 5.14. The summed E-state index contributed by atoms with van der Waals surface area (Å²) in [5.74, 6) is 0.0351. The van der Waals surface area contributed by atoms with Gasteiger partial charge in [0.05, 0.1) is 30.8 Å². The number of nitrogens with zero attached hydrogens (tertiary/aromatic N) is 2. The summed E-state index contributed by atoms with van der Waals surface area (Å²) >= 11 is 0. The molecule has 2 aromatic heterocycles. The second-order valence-corrected chi connectivity index (χ2v) is 3.48. The van der Waals surface area contributed by atoms with E-state index in [1.165, 1.54) is 31.8 Å². The highest BCUT2D eigenvalue weighted by Gasteiger charge is 2.07. The van der Waals surface area contributed by atoms with Crippen LogP contribution >= 0.6 is 0 Å². The molecule has 0 bridgehead atoms. The van der Waals surface area contributed by atoms with Crippen LogP contribution in [-0.4, -0.2) is 28.1 Å². The number of amides is 1. The average molecular weight is 245 g/mol. The number of ether oxygens (including phenoxy) is 1. The minimum absolute atomic E-state index is 0.0597. The summed E-state index contributed by atoms with van der Waals surface area (Å²) in [6, 6.07) is 4.63. The molecule has 6 nitrogen and oxygen atoms in total. The van der Waals surface area contributed by atoms with E-state index in [0.717, 1.165) is 0 Å². The van der Waals surface area contributed by atoms with E-state index in [-0.39, 0.29) is 17.2 Å². The molecular weight excluding hydrogens is 234 g/mol. The summed E-state index contributed by atoms with van der Waals surface area (Å²) in [7, 11) is 1.51. The predicted octanol–water partition coefficient (Wildman–Crippen LogP) is 1.44. The Morgan fingerprint density at radius 3 is 2.78 bits per heavy atom. The Kier molecular flexibility index (Phi) is 3.38. The fourth-order valence-electron chi connectivity index (χ4n) is 1.33. The maximum atomic E-state index is 11.8. The summed E-state index contributed by atoms with van der Waals surface area (Å²) in [4.78, 5) is 19.5. The van der Waals surface area contributed by atoms with Gasteiger partial charge in [0.15, 0.2) is 0 Å². The van der Waals surface area contributed by atoms with Crippen molar-refractivity contribution in [3.8, 4) is 11.6 Å². The van der Waals surface area contributed by atoms with E-state index in [4.69, 9.17) is 4.74 Å². The maximum absolute atomic E-state index is 11.8. The molecular formula is C12H11N3O3. The van der Waals surface area contributed by atoms with Crippen molar-refractivity contribution in [1.29, 1.82) is 0 Å². The topological polar surface area (TPSA) is 84.3 Å². The van der Waals surface area contributed by atoms with E-state index in [1.54, 1.807) is 12.1 Å². The standard InChI is InChI=1S/C12H11N3O3/c1-18-11-3-2-9(6-14-11)15-12(17)8-4-10(16)7-13-5-8/h2-7,16H,1H3,(H,15,17). The number of aromatic hydroxyl groups is 1. The lowest BCUT2D eigenvalue weighted by Crippen LogP contribution is -2.12. The number of pyridine rings is 2. The van der Waals surface area contributed by atoms with Crippen molar-refractivity contribution >= 4 is 11.6 Å². The van der Waals surface area contributed by atoms with Crippen molar-refractivity contribution in [2.45, 2.75) is 0 Å². The molecule has 0 aliphatic heterocycles.